The fourth-order valence-corrected chi connectivity index (χ4v) is 1.99. The first-order chi connectivity index (χ1) is 7.70. The summed E-state index contributed by atoms with van der Waals surface area (Å²) in [6.45, 7) is 1.95. The summed E-state index contributed by atoms with van der Waals surface area (Å²) >= 11 is 0. The number of hydrogen-bond donors (Lipinski definition) is 0. The number of rotatable bonds is 2. The van der Waals surface area contributed by atoms with Crippen LogP contribution in [0.1, 0.15) is 18.9 Å². The number of aldehydes is 1. The van der Waals surface area contributed by atoms with Crippen molar-refractivity contribution in [3.63, 3.8) is 0 Å². The van der Waals surface area contributed by atoms with Gasteiger partial charge in [0, 0.05) is 5.92 Å². The number of hydrogen-bond acceptors (Lipinski definition) is 1. The summed E-state index contributed by atoms with van der Waals surface area (Å²) in [6, 6.07) is 6.53. The first-order valence-corrected chi connectivity index (χ1v) is 5.31. The molecule has 82 valence electrons. The minimum absolute atomic E-state index is 0.0303. The third-order valence-corrected chi connectivity index (χ3v) is 2.79. The molecule has 0 aliphatic heterocycles. The molecule has 0 amide bonds. The Morgan fingerprint density at radius 1 is 1.44 bits per heavy atom. The van der Waals surface area contributed by atoms with Crippen LogP contribution < -0.4 is 0 Å². The second-order valence-electron chi connectivity index (χ2n) is 4.01. The van der Waals surface area contributed by atoms with Crippen LogP contribution in [0.4, 0.5) is 4.39 Å². The van der Waals surface area contributed by atoms with E-state index in [1.165, 1.54) is 12.1 Å². The predicted molar refractivity (Wildman–Crippen MR) is 62.3 cm³/mol. The van der Waals surface area contributed by atoms with Gasteiger partial charge in [0.2, 0.25) is 0 Å². The van der Waals surface area contributed by atoms with Gasteiger partial charge in [0.25, 0.3) is 0 Å². The van der Waals surface area contributed by atoms with Crippen molar-refractivity contribution in [1.82, 2.24) is 0 Å². The Labute approximate surface area is 94.3 Å². The molecular formula is C14H13FO. The van der Waals surface area contributed by atoms with E-state index in [0.717, 1.165) is 23.0 Å². The van der Waals surface area contributed by atoms with Crippen LogP contribution in [0.2, 0.25) is 0 Å². The molecular weight excluding hydrogens is 203 g/mol. The van der Waals surface area contributed by atoms with Gasteiger partial charge in [0.05, 0.1) is 0 Å². The van der Waals surface area contributed by atoms with Gasteiger partial charge in [-0.05, 0) is 42.2 Å². The predicted octanol–water partition coefficient (Wildman–Crippen LogP) is 3.37. The van der Waals surface area contributed by atoms with E-state index >= 15 is 0 Å². The Bertz CT molecular complexity index is 471. The molecule has 0 bridgehead atoms. The smallest absolute Gasteiger partial charge is 0.127 e. The summed E-state index contributed by atoms with van der Waals surface area (Å²) in [5, 5.41) is 0. The molecule has 0 saturated carbocycles. The molecule has 1 atom stereocenters. The van der Waals surface area contributed by atoms with Crippen LogP contribution in [0, 0.1) is 11.7 Å². The average molecular weight is 216 g/mol. The van der Waals surface area contributed by atoms with E-state index in [9.17, 15) is 9.18 Å². The molecule has 1 unspecified atom stereocenters. The zero-order valence-corrected chi connectivity index (χ0v) is 9.11. The normalized spacial score (nSPS) is 20.0. The Kier molecular flexibility index (Phi) is 3.00. The fourth-order valence-electron chi connectivity index (χ4n) is 1.99. The maximum Gasteiger partial charge on any atom is 0.127 e. The molecule has 0 N–H and O–H groups in total. The van der Waals surface area contributed by atoms with Crippen molar-refractivity contribution >= 4 is 11.9 Å². The average Bonchev–Trinajstić information content (AvgIpc) is 2.28. The second kappa shape index (κ2) is 4.44. The third-order valence-electron chi connectivity index (χ3n) is 2.79. The molecule has 1 aromatic rings. The Balaban J connectivity index is 2.33. The van der Waals surface area contributed by atoms with Gasteiger partial charge >= 0.3 is 0 Å². The molecule has 16 heavy (non-hydrogen) atoms. The number of carbonyl (C=O) groups excluding carboxylic acids is 1. The van der Waals surface area contributed by atoms with Crippen LogP contribution in [0.5, 0.6) is 0 Å². The molecule has 0 heterocycles. The molecule has 1 aliphatic rings. The lowest BCUT2D eigenvalue weighted by Gasteiger charge is -2.16. The fraction of sp³-hybridized carbons (Fsp3) is 0.214. The van der Waals surface area contributed by atoms with Crippen molar-refractivity contribution in [2.45, 2.75) is 13.3 Å². The van der Waals surface area contributed by atoms with Gasteiger partial charge in [0.1, 0.15) is 12.1 Å². The molecule has 0 saturated heterocycles. The highest BCUT2D eigenvalue weighted by molar-refractivity contribution is 5.81. The van der Waals surface area contributed by atoms with E-state index < -0.39 is 0 Å². The van der Waals surface area contributed by atoms with Crippen LogP contribution in [0.25, 0.3) is 5.57 Å². The molecule has 0 fully saturated rings. The van der Waals surface area contributed by atoms with Gasteiger partial charge in [0.15, 0.2) is 0 Å². The summed E-state index contributed by atoms with van der Waals surface area (Å²) in [4.78, 5) is 10.7. The van der Waals surface area contributed by atoms with E-state index in [-0.39, 0.29) is 11.7 Å². The topological polar surface area (TPSA) is 17.1 Å². The quantitative estimate of drug-likeness (QED) is 0.693. The van der Waals surface area contributed by atoms with Crippen molar-refractivity contribution in [3.8, 4) is 0 Å². The summed E-state index contributed by atoms with van der Waals surface area (Å²) in [5.74, 6) is -0.263. The molecule has 1 aliphatic carbocycles. The van der Waals surface area contributed by atoms with Crippen LogP contribution in [0.3, 0.4) is 0 Å². The van der Waals surface area contributed by atoms with Gasteiger partial charge in [-0.25, -0.2) is 4.39 Å². The highest BCUT2D eigenvalue weighted by atomic mass is 19.1. The molecule has 0 aromatic heterocycles. The number of halogens is 1. The summed E-state index contributed by atoms with van der Waals surface area (Å²) in [7, 11) is 0. The van der Waals surface area contributed by atoms with Gasteiger partial charge in [-0.2, -0.15) is 0 Å². The Hall–Kier alpha value is -1.70. The molecule has 0 spiro atoms. The first-order valence-electron chi connectivity index (χ1n) is 5.31. The molecule has 2 rings (SSSR count). The summed E-state index contributed by atoms with van der Waals surface area (Å²) in [6.07, 6.45) is 5.59. The van der Waals surface area contributed by atoms with Crippen molar-refractivity contribution < 1.29 is 9.18 Å². The van der Waals surface area contributed by atoms with Crippen LogP contribution >= 0.6 is 0 Å². The molecule has 1 aromatic carbocycles. The number of allylic oxidation sites excluding steroid dienone is 4. The van der Waals surface area contributed by atoms with E-state index in [2.05, 4.69) is 0 Å². The first kappa shape index (κ1) is 10.8. The van der Waals surface area contributed by atoms with Crippen LogP contribution in [0.15, 0.2) is 42.0 Å². The van der Waals surface area contributed by atoms with E-state index in [0.29, 0.717) is 6.42 Å². The molecule has 2 heteroatoms. The second-order valence-corrected chi connectivity index (χ2v) is 4.01. The largest absolute Gasteiger partial charge is 0.303 e. The highest BCUT2D eigenvalue weighted by Gasteiger charge is 2.13. The monoisotopic (exact) mass is 216 g/mol. The van der Waals surface area contributed by atoms with Crippen molar-refractivity contribution in [3.05, 3.63) is 53.4 Å². The van der Waals surface area contributed by atoms with E-state index in [1.54, 1.807) is 6.07 Å². The Morgan fingerprint density at radius 3 is 2.88 bits per heavy atom. The minimum atomic E-state index is -0.233. The van der Waals surface area contributed by atoms with Crippen LogP contribution in [-0.4, -0.2) is 6.29 Å². The molecule has 1 nitrogen and oxygen atoms in total. The summed E-state index contributed by atoms with van der Waals surface area (Å²) in [5.41, 5.74) is 2.93. The maximum absolute atomic E-state index is 13.1. The van der Waals surface area contributed by atoms with Gasteiger partial charge in [-0.15, -0.1) is 0 Å². The van der Waals surface area contributed by atoms with E-state index in [4.69, 9.17) is 0 Å². The lowest BCUT2D eigenvalue weighted by atomic mass is 9.88. The van der Waals surface area contributed by atoms with Gasteiger partial charge in [-0.3, -0.25) is 0 Å². The maximum atomic E-state index is 13.1. The zero-order valence-electron chi connectivity index (χ0n) is 9.11. The van der Waals surface area contributed by atoms with Gasteiger partial charge in [-0.1, -0.05) is 24.3 Å². The van der Waals surface area contributed by atoms with Crippen molar-refractivity contribution in [2.24, 2.45) is 5.92 Å². The zero-order chi connectivity index (χ0) is 11.5. The number of carbonyl (C=O) groups is 1. The Morgan fingerprint density at radius 2 is 2.25 bits per heavy atom. The molecule has 0 radical (unpaired) electrons. The SMILES string of the molecule is CC1=CC(C=O)CC=C1c1cccc(F)c1. The minimum Gasteiger partial charge on any atom is -0.303 e. The van der Waals surface area contributed by atoms with Crippen LogP contribution in [-0.2, 0) is 4.79 Å². The standard InChI is InChI=1S/C14H13FO/c1-10-7-11(9-16)5-6-14(10)12-3-2-4-13(15)8-12/h2-4,6-9,11H,5H2,1H3. The number of benzene rings is 1. The third kappa shape index (κ3) is 2.11. The van der Waals surface area contributed by atoms with E-state index in [1.807, 2.05) is 25.1 Å². The lowest BCUT2D eigenvalue weighted by Crippen LogP contribution is -2.04. The van der Waals surface area contributed by atoms with Crippen molar-refractivity contribution in [1.29, 1.82) is 0 Å². The van der Waals surface area contributed by atoms with Gasteiger partial charge < -0.3 is 4.79 Å². The van der Waals surface area contributed by atoms with Crippen molar-refractivity contribution in [2.75, 3.05) is 0 Å². The highest BCUT2D eigenvalue weighted by Crippen LogP contribution is 2.29. The summed E-state index contributed by atoms with van der Waals surface area (Å²) < 4.78 is 13.1. The lowest BCUT2D eigenvalue weighted by molar-refractivity contribution is -0.109.